The van der Waals surface area contributed by atoms with E-state index in [1.54, 1.807) is 6.07 Å². The molecule has 0 atom stereocenters. The Morgan fingerprint density at radius 2 is 2.25 bits per heavy atom. The zero-order valence-corrected chi connectivity index (χ0v) is 10.3. The molecule has 0 unspecified atom stereocenters. The predicted octanol–water partition coefficient (Wildman–Crippen LogP) is 2.54. The van der Waals surface area contributed by atoms with Crippen molar-refractivity contribution in [2.45, 2.75) is 6.42 Å². The molecular weight excluding hydrogens is 261 g/mol. The molecule has 0 saturated heterocycles. The molecule has 5 nitrogen and oxygen atoms in total. The first kappa shape index (κ1) is 12.3. The molecule has 20 heavy (non-hydrogen) atoms. The first-order chi connectivity index (χ1) is 9.72. The summed E-state index contributed by atoms with van der Waals surface area (Å²) in [5.41, 5.74) is 1.18. The van der Waals surface area contributed by atoms with Crippen molar-refractivity contribution in [2.75, 3.05) is 5.32 Å². The number of hydrogen-bond acceptors (Lipinski definition) is 4. The van der Waals surface area contributed by atoms with Crippen molar-refractivity contribution >= 4 is 22.7 Å². The van der Waals surface area contributed by atoms with Gasteiger partial charge in [-0.25, -0.2) is 14.4 Å². The van der Waals surface area contributed by atoms with Crippen LogP contribution in [0, 0.1) is 5.82 Å². The third kappa shape index (κ3) is 2.49. The van der Waals surface area contributed by atoms with Crippen LogP contribution >= 0.6 is 0 Å². The minimum atomic E-state index is -0.364. The lowest BCUT2D eigenvalue weighted by atomic mass is 10.1. The van der Waals surface area contributed by atoms with E-state index >= 15 is 0 Å². The molecule has 100 valence electrons. The van der Waals surface area contributed by atoms with Crippen LogP contribution < -0.4 is 5.32 Å². The van der Waals surface area contributed by atoms with Gasteiger partial charge in [-0.2, -0.15) is 0 Å². The highest BCUT2D eigenvalue weighted by atomic mass is 19.1. The normalized spacial score (nSPS) is 10.7. The van der Waals surface area contributed by atoms with Gasteiger partial charge in [-0.3, -0.25) is 4.79 Å². The SMILES string of the molecule is O=C(Cc1coc2ccc(F)cc12)Nc1ccncn1. The molecule has 2 heterocycles. The van der Waals surface area contributed by atoms with E-state index in [0.29, 0.717) is 22.4 Å². The number of hydrogen-bond donors (Lipinski definition) is 1. The van der Waals surface area contributed by atoms with Crippen LogP contribution in [-0.2, 0) is 11.2 Å². The van der Waals surface area contributed by atoms with Gasteiger partial charge in [0, 0.05) is 17.1 Å². The van der Waals surface area contributed by atoms with Gasteiger partial charge >= 0.3 is 0 Å². The van der Waals surface area contributed by atoms with Crippen molar-refractivity contribution in [3.8, 4) is 0 Å². The van der Waals surface area contributed by atoms with Gasteiger partial charge in [0.05, 0.1) is 12.7 Å². The maximum absolute atomic E-state index is 13.2. The summed E-state index contributed by atoms with van der Waals surface area (Å²) < 4.78 is 18.5. The number of fused-ring (bicyclic) bond motifs is 1. The Bertz CT molecular complexity index is 755. The topological polar surface area (TPSA) is 68.0 Å². The Labute approximate surface area is 113 Å². The minimum Gasteiger partial charge on any atom is -0.464 e. The number of anilines is 1. The molecule has 0 saturated carbocycles. The zero-order chi connectivity index (χ0) is 13.9. The van der Waals surface area contributed by atoms with Crippen molar-refractivity contribution in [3.05, 3.63) is 54.4 Å². The summed E-state index contributed by atoms with van der Waals surface area (Å²) >= 11 is 0. The summed E-state index contributed by atoms with van der Waals surface area (Å²) in [6, 6.07) is 5.80. The lowest BCUT2D eigenvalue weighted by Crippen LogP contribution is -2.15. The molecular formula is C14H10FN3O2. The zero-order valence-electron chi connectivity index (χ0n) is 10.3. The Morgan fingerprint density at radius 3 is 3.05 bits per heavy atom. The standard InChI is InChI=1S/C14H10FN3O2/c15-10-1-2-12-11(6-10)9(7-20-12)5-14(19)18-13-3-4-16-8-17-13/h1-4,6-8H,5H2,(H,16,17,18,19). The second-order valence-electron chi connectivity index (χ2n) is 4.22. The van der Waals surface area contributed by atoms with Crippen molar-refractivity contribution in [2.24, 2.45) is 0 Å². The second kappa shape index (κ2) is 5.08. The van der Waals surface area contributed by atoms with Crippen LogP contribution in [0.5, 0.6) is 0 Å². The number of halogens is 1. The lowest BCUT2D eigenvalue weighted by molar-refractivity contribution is -0.115. The van der Waals surface area contributed by atoms with Gasteiger partial charge in [0.2, 0.25) is 5.91 Å². The molecule has 1 aromatic carbocycles. The largest absolute Gasteiger partial charge is 0.464 e. The number of furan rings is 1. The highest BCUT2D eigenvalue weighted by Gasteiger charge is 2.11. The summed E-state index contributed by atoms with van der Waals surface area (Å²) in [6.07, 6.45) is 4.42. The summed E-state index contributed by atoms with van der Waals surface area (Å²) in [5, 5.41) is 3.23. The molecule has 6 heteroatoms. The molecule has 1 amide bonds. The molecule has 3 aromatic rings. The fourth-order valence-electron chi connectivity index (χ4n) is 1.92. The van der Waals surface area contributed by atoms with Crippen LogP contribution in [0.1, 0.15) is 5.56 Å². The number of rotatable bonds is 3. The molecule has 3 rings (SSSR count). The summed E-state index contributed by atoms with van der Waals surface area (Å²) in [7, 11) is 0. The van der Waals surface area contributed by atoms with E-state index in [9.17, 15) is 9.18 Å². The van der Waals surface area contributed by atoms with Crippen LogP contribution in [0.15, 0.2) is 47.5 Å². The van der Waals surface area contributed by atoms with Gasteiger partial charge in [-0.05, 0) is 24.3 Å². The van der Waals surface area contributed by atoms with Crippen LogP contribution in [0.25, 0.3) is 11.0 Å². The van der Waals surface area contributed by atoms with Gasteiger partial charge in [-0.1, -0.05) is 0 Å². The first-order valence-corrected chi connectivity index (χ1v) is 5.94. The van der Waals surface area contributed by atoms with Crippen LogP contribution in [0.2, 0.25) is 0 Å². The average Bonchev–Trinajstić information content (AvgIpc) is 2.82. The molecule has 0 bridgehead atoms. The maximum Gasteiger partial charge on any atom is 0.230 e. The average molecular weight is 271 g/mol. The smallest absolute Gasteiger partial charge is 0.230 e. The lowest BCUT2D eigenvalue weighted by Gasteiger charge is -2.02. The fraction of sp³-hybridized carbons (Fsp3) is 0.0714. The number of carbonyl (C=O) groups excluding carboxylic acids is 1. The Kier molecular flexibility index (Phi) is 3.12. The quantitative estimate of drug-likeness (QED) is 0.794. The number of nitrogens with one attached hydrogen (secondary N) is 1. The number of carbonyl (C=O) groups is 1. The first-order valence-electron chi connectivity index (χ1n) is 5.94. The number of benzene rings is 1. The molecule has 0 aliphatic rings. The van der Waals surface area contributed by atoms with Crippen LogP contribution in [0.3, 0.4) is 0 Å². The summed E-state index contributed by atoms with van der Waals surface area (Å²) in [5.74, 6) is -0.198. The number of nitrogens with zero attached hydrogens (tertiary/aromatic N) is 2. The molecule has 2 aromatic heterocycles. The maximum atomic E-state index is 13.2. The number of amides is 1. The second-order valence-corrected chi connectivity index (χ2v) is 4.22. The molecule has 0 fully saturated rings. The predicted molar refractivity (Wildman–Crippen MR) is 70.5 cm³/mol. The van der Waals surface area contributed by atoms with Gasteiger partial charge in [0.1, 0.15) is 23.5 Å². The Hall–Kier alpha value is -2.76. The Morgan fingerprint density at radius 1 is 1.35 bits per heavy atom. The molecule has 1 N–H and O–H groups in total. The summed E-state index contributed by atoms with van der Waals surface area (Å²) in [4.78, 5) is 19.6. The van der Waals surface area contributed by atoms with Gasteiger partial charge in [-0.15, -0.1) is 0 Å². The third-order valence-electron chi connectivity index (χ3n) is 2.82. The van der Waals surface area contributed by atoms with Crippen LogP contribution in [-0.4, -0.2) is 15.9 Å². The highest BCUT2D eigenvalue weighted by Crippen LogP contribution is 2.22. The van der Waals surface area contributed by atoms with E-state index in [4.69, 9.17) is 4.42 Å². The van der Waals surface area contributed by atoms with Gasteiger partial charge in [0.15, 0.2) is 0 Å². The van der Waals surface area contributed by atoms with Gasteiger partial charge < -0.3 is 9.73 Å². The van der Waals surface area contributed by atoms with Crippen molar-refractivity contribution in [3.63, 3.8) is 0 Å². The van der Waals surface area contributed by atoms with E-state index in [1.165, 1.54) is 37.0 Å². The number of aromatic nitrogens is 2. The van der Waals surface area contributed by atoms with E-state index < -0.39 is 0 Å². The molecule has 0 aliphatic heterocycles. The molecule has 0 spiro atoms. The summed E-state index contributed by atoms with van der Waals surface area (Å²) in [6.45, 7) is 0. The van der Waals surface area contributed by atoms with E-state index in [0.717, 1.165) is 0 Å². The molecule has 0 radical (unpaired) electrons. The van der Waals surface area contributed by atoms with E-state index in [-0.39, 0.29) is 18.1 Å². The van der Waals surface area contributed by atoms with E-state index in [1.807, 2.05) is 0 Å². The van der Waals surface area contributed by atoms with Crippen molar-refractivity contribution in [1.29, 1.82) is 0 Å². The molecule has 0 aliphatic carbocycles. The van der Waals surface area contributed by atoms with E-state index in [2.05, 4.69) is 15.3 Å². The minimum absolute atomic E-state index is 0.0838. The third-order valence-corrected chi connectivity index (χ3v) is 2.82. The van der Waals surface area contributed by atoms with Crippen LogP contribution in [0.4, 0.5) is 10.2 Å². The highest BCUT2D eigenvalue weighted by molar-refractivity contribution is 5.94. The monoisotopic (exact) mass is 271 g/mol. The Balaban J connectivity index is 1.79. The van der Waals surface area contributed by atoms with Gasteiger partial charge in [0.25, 0.3) is 0 Å². The van der Waals surface area contributed by atoms with Crippen molar-refractivity contribution < 1.29 is 13.6 Å². The fourth-order valence-corrected chi connectivity index (χ4v) is 1.92. The van der Waals surface area contributed by atoms with Crippen molar-refractivity contribution in [1.82, 2.24) is 9.97 Å².